The lowest BCUT2D eigenvalue weighted by atomic mass is 10.0. The van der Waals surface area contributed by atoms with Crippen molar-refractivity contribution in [3.05, 3.63) is 57.3 Å². The van der Waals surface area contributed by atoms with Crippen molar-refractivity contribution < 1.29 is 0 Å². The monoisotopic (exact) mass is 339 g/mol. The number of nitrogens with zero attached hydrogens (tertiary/aromatic N) is 2. The first-order chi connectivity index (χ1) is 10.2. The fraction of sp³-hybridized carbons (Fsp3) is 0.267. The second-order valence-corrected chi connectivity index (χ2v) is 6.44. The highest BCUT2D eigenvalue weighted by Gasteiger charge is 2.17. The highest BCUT2D eigenvalue weighted by atomic mass is 35.5. The zero-order valence-corrected chi connectivity index (χ0v) is 13.8. The molecule has 3 aromatic rings. The van der Waals surface area contributed by atoms with E-state index in [2.05, 4.69) is 23.4 Å². The van der Waals surface area contributed by atoms with Gasteiger partial charge in [0.15, 0.2) is 4.96 Å². The number of thiazole rings is 1. The number of hydrogen-bond donors (Lipinski definition) is 1. The molecule has 1 atom stereocenters. The summed E-state index contributed by atoms with van der Waals surface area (Å²) >= 11 is 14.1. The molecule has 0 saturated carbocycles. The van der Waals surface area contributed by atoms with Crippen molar-refractivity contribution in [2.24, 2.45) is 0 Å². The Morgan fingerprint density at radius 1 is 1.38 bits per heavy atom. The van der Waals surface area contributed by atoms with Gasteiger partial charge in [0.05, 0.1) is 15.7 Å². The van der Waals surface area contributed by atoms with Crippen molar-refractivity contribution in [1.29, 1.82) is 0 Å². The molecule has 2 heterocycles. The molecule has 0 saturated heterocycles. The molecule has 1 unspecified atom stereocenters. The smallest absolute Gasteiger partial charge is 0.193 e. The van der Waals surface area contributed by atoms with Crippen molar-refractivity contribution in [1.82, 2.24) is 14.7 Å². The van der Waals surface area contributed by atoms with Crippen molar-refractivity contribution in [2.45, 2.75) is 19.4 Å². The van der Waals surface area contributed by atoms with Crippen molar-refractivity contribution in [3.8, 4) is 0 Å². The number of likely N-dealkylation sites (N-methyl/N-ethyl adjacent to an activating group) is 1. The van der Waals surface area contributed by atoms with Gasteiger partial charge in [-0.25, -0.2) is 4.98 Å². The van der Waals surface area contributed by atoms with E-state index >= 15 is 0 Å². The van der Waals surface area contributed by atoms with E-state index in [1.54, 1.807) is 11.3 Å². The molecule has 0 amide bonds. The normalized spacial score (nSPS) is 12.9. The van der Waals surface area contributed by atoms with Gasteiger partial charge in [0.25, 0.3) is 0 Å². The molecule has 0 spiro atoms. The predicted octanol–water partition coefficient (Wildman–Crippen LogP) is 4.60. The largest absolute Gasteiger partial charge is 0.310 e. The van der Waals surface area contributed by atoms with Crippen molar-refractivity contribution in [2.75, 3.05) is 6.54 Å². The van der Waals surface area contributed by atoms with Gasteiger partial charge in [-0.05, 0) is 18.2 Å². The lowest BCUT2D eigenvalue weighted by Gasteiger charge is -2.19. The van der Waals surface area contributed by atoms with Gasteiger partial charge in [0, 0.05) is 30.2 Å². The summed E-state index contributed by atoms with van der Waals surface area (Å²) in [5.74, 6) is 0. The standard InChI is InChI=1S/C15H15Cl2N3S/c1-2-18-13(11-4-3-5-12(16)14(11)17)8-10-9-20-6-7-21-15(20)19-10/h3-7,9,13,18H,2,8H2,1H3. The Balaban J connectivity index is 1.90. The van der Waals surface area contributed by atoms with Gasteiger partial charge in [-0.3, -0.25) is 4.40 Å². The number of rotatable bonds is 5. The molecule has 0 bridgehead atoms. The quantitative estimate of drug-likeness (QED) is 0.736. The number of halogens is 2. The van der Waals surface area contributed by atoms with Crippen LogP contribution in [-0.4, -0.2) is 15.9 Å². The zero-order chi connectivity index (χ0) is 14.8. The van der Waals surface area contributed by atoms with E-state index < -0.39 is 0 Å². The molecule has 0 radical (unpaired) electrons. The molecule has 0 aliphatic carbocycles. The van der Waals surface area contributed by atoms with E-state index in [4.69, 9.17) is 23.2 Å². The second kappa shape index (κ2) is 6.36. The van der Waals surface area contributed by atoms with Crippen LogP contribution < -0.4 is 5.32 Å². The number of hydrogen-bond acceptors (Lipinski definition) is 3. The van der Waals surface area contributed by atoms with Crippen LogP contribution in [0.4, 0.5) is 0 Å². The average Bonchev–Trinajstić information content (AvgIpc) is 3.02. The minimum atomic E-state index is 0.103. The number of benzene rings is 1. The second-order valence-electron chi connectivity index (χ2n) is 4.78. The van der Waals surface area contributed by atoms with E-state index in [0.29, 0.717) is 10.0 Å². The van der Waals surface area contributed by atoms with Gasteiger partial charge >= 0.3 is 0 Å². The maximum Gasteiger partial charge on any atom is 0.193 e. The molecule has 0 aliphatic rings. The van der Waals surface area contributed by atoms with Crippen LogP contribution in [0.2, 0.25) is 10.0 Å². The molecule has 0 aliphatic heterocycles. The first-order valence-corrected chi connectivity index (χ1v) is 8.41. The van der Waals surface area contributed by atoms with E-state index in [1.165, 1.54) is 0 Å². The van der Waals surface area contributed by atoms with Crippen molar-refractivity contribution in [3.63, 3.8) is 0 Å². The minimum absolute atomic E-state index is 0.103. The zero-order valence-electron chi connectivity index (χ0n) is 11.5. The first kappa shape index (κ1) is 14.9. The van der Waals surface area contributed by atoms with Crippen LogP contribution in [0.3, 0.4) is 0 Å². The summed E-state index contributed by atoms with van der Waals surface area (Å²) in [7, 11) is 0. The van der Waals surface area contributed by atoms with Gasteiger partial charge in [-0.2, -0.15) is 0 Å². The third-order valence-electron chi connectivity index (χ3n) is 3.36. The van der Waals surface area contributed by atoms with Crippen LogP contribution in [0.15, 0.2) is 36.0 Å². The topological polar surface area (TPSA) is 29.3 Å². The Labute approximate surface area is 137 Å². The van der Waals surface area contributed by atoms with Crippen LogP contribution in [0.5, 0.6) is 0 Å². The first-order valence-electron chi connectivity index (χ1n) is 6.77. The van der Waals surface area contributed by atoms with Crippen molar-refractivity contribution >= 4 is 39.5 Å². The molecule has 1 aromatic carbocycles. The molecule has 2 aromatic heterocycles. The fourth-order valence-electron chi connectivity index (χ4n) is 2.41. The minimum Gasteiger partial charge on any atom is -0.310 e. The molecule has 0 fully saturated rings. The molecule has 3 rings (SSSR count). The number of fused-ring (bicyclic) bond motifs is 1. The van der Waals surface area contributed by atoms with E-state index in [0.717, 1.165) is 29.2 Å². The van der Waals surface area contributed by atoms with Gasteiger partial charge < -0.3 is 5.32 Å². The molecule has 21 heavy (non-hydrogen) atoms. The van der Waals surface area contributed by atoms with Gasteiger partial charge in [-0.1, -0.05) is 42.3 Å². The van der Waals surface area contributed by atoms with Gasteiger partial charge in [0.2, 0.25) is 0 Å². The summed E-state index contributed by atoms with van der Waals surface area (Å²) in [5, 5.41) is 6.70. The summed E-state index contributed by atoms with van der Waals surface area (Å²) in [6.07, 6.45) is 4.86. The van der Waals surface area contributed by atoms with Gasteiger partial charge in [0.1, 0.15) is 0 Å². The molecule has 6 heteroatoms. The summed E-state index contributed by atoms with van der Waals surface area (Å²) in [6, 6.07) is 5.86. The van der Waals surface area contributed by atoms with E-state index in [9.17, 15) is 0 Å². The van der Waals surface area contributed by atoms with E-state index in [-0.39, 0.29) is 6.04 Å². The van der Waals surface area contributed by atoms with Gasteiger partial charge in [-0.15, -0.1) is 11.3 Å². The summed E-state index contributed by atoms with van der Waals surface area (Å²) < 4.78 is 2.04. The van der Waals surface area contributed by atoms with E-state index in [1.807, 2.05) is 34.2 Å². The summed E-state index contributed by atoms with van der Waals surface area (Å²) in [6.45, 7) is 2.94. The predicted molar refractivity (Wildman–Crippen MR) is 89.7 cm³/mol. The lowest BCUT2D eigenvalue weighted by Crippen LogP contribution is -2.23. The molecular formula is C15H15Cl2N3S. The molecular weight excluding hydrogens is 325 g/mol. The SMILES string of the molecule is CCNC(Cc1cn2ccsc2n1)c1cccc(Cl)c1Cl. The van der Waals surface area contributed by atoms with Crippen LogP contribution in [-0.2, 0) is 6.42 Å². The Morgan fingerprint density at radius 2 is 2.24 bits per heavy atom. The Hall–Kier alpha value is -1.07. The number of imidazole rings is 1. The molecule has 3 nitrogen and oxygen atoms in total. The molecule has 1 N–H and O–H groups in total. The Bertz CT molecular complexity index is 722. The highest BCUT2D eigenvalue weighted by Crippen LogP contribution is 2.31. The number of nitrogens with one attached hydrogen (secondary N) is 1. The number of aromatic nitrogens is 2. The molecule has 110 valence electrons. The van der Waals surface area contributed by atoms with Crippen LogP contribution in [0, 0.1) is 0 Å². The summed E-state index contributed by atoms with van der Waals surface area (Å²) in [4.78, 5) is 5.65. The maximum absolute atomic E-state index is 6.35. The maximum atomic E-state index is 6.35. The Morgan fingerprint density at radius 3 is 3.00 bits per heavy atom. The Kier molecular flexibility index (Phi) is 4.50. The third kappa shape index (κ3) is 3.09. The highest BCUT2D eigenvalue weighted by molar-refractivity contribution is 7.15. The fourth-order valence-corrected chi connectivity index (χ4v) is 3.57. The van der Waals surface area contributed by atoms with Crippen LogP contribution in [0.25, 0.3) is 4.96 Å². The van der Waals surface area contributed by atoms with Crippen LogP contribution in [0.1, 0.15) is 24.2 Å². The average molecular weight is 340 g/mol. The van der Waals surface area contributed by atoms with Crippen LogP contribution >= 0.6 is 34.5 Å². The summed E-state index contributed by atoms with van der Waals surface area (Å²) in [5.41, 5.74) is 2.06. The lowest BCUT2D eigenvalue weighted by molar-refractivity contribution is 0.545. The third-order valence-corrected chi connectivity index (χ3v) is 4.97.